The maximum atomic E-state index is 12.3. The van der Waals surface area contributed by atoms with Crippen LogP contribution in [0.15, 0.2) is 47.1 Å². The summed E-state index contributed by atoms with van der Waals surface area (Å²) in [4.78, 5) is 35.5. The summed E-state index contributed by atoms with van der Waals surface area (Å²) >= 11 is 0. The van der Waals surface area contributed by atoms with Crippen molar-refractivity contribution in [2.45, 2.75) is 144 Å². The molecule has 0 saturated carbocycles. The lowest BCUT2D eigenvalue weighted by atomic mass is 10.1. The van der Waals surface area contributed by atoms with Gasteiger partial charge in [0.25, 0.3) is 0 Å². The van der Waals surface area contributed by atoms with Crippen LogP contribution in [0.2, 0.25) is 0 Å². The number of rotatable bonds is 23. The summed E-state index contributed by atoms with van der Waals surface area (Å²) in [6.07, 6.45) is 25.7. The second kappa shape index (κ2) is 27.7. The van der Waals surface area contributed by atoms with Crippen LogP contribution in [-0.2, 0) is 28.6 Å². The minimum Gasteiger partial charge on any atom is -0.461 e. The SMILES string of the molecule is CCCCCCCC/C=C\CCCCCCCC(=O)OC/C=C(\COC(C)=O)[C@H](C/C=C(\C)C#CC=C(C)C)OC(C)=O. The Morgan fingerprint density at radius 3 is 1.91 bits per heavy atom. The standard InChI is InChI=1S/C37H58O6/c1-7-8-9-10-11-12-13-14-15-16-17-18-19-20-21-25-37(40)41-29-28-35(30-42-33(5)38)36(43-34(6)39)27-26-32(4)24-22-23-31(2)3/h14-15,23,26,28,36H,7-13,16-21,25,27,29-30H2,1-6H3/b15-14-,32-26+,35-28+/t36-/m0/s1. The molecule has 0 N–H and O–H groups in total. The van der Waals surface area contributed by atoms with E-state index in [1.807, 2.05) is 32.9 Å². The van der Waals surface area contributed by atoms with Gasteiger partial charge in [-0.3, -0.25) is 14.4 Å². The molecule has 0 aliphatic rings. The van der Waals surface area contributed by atoms with Gasteiger partial charge >= 0.3 is 17.9 Å². The van der Waals surface area contributed by atoms with Crippen LogP contribution in [0.5, 0.6) is 0 Å². The minimum absolute atomic E-state index is 0.0152. The summed E-state index contributed by atoms with van der Waals surface area (Å²) in [6.45, 7) is 10.7. The smallest absolute Gasteiger partial charge is 0.306 e. The number of hydrogen-bond acceptors (Lipinski definition) is 6. The molecule has 0 aliphatic heterocycles. The monoisotopic (exact) mass is 598 g/mol. The second-order valence-electron chi connectivity index (χ2n) is 11.3. The Kier molecular flexibility index (Phi) is 25.8. The molecule has 0 aliphatic carbocycles. The molecule has 0 aromatic carbocycles. The average molecular weight is 599 g/mol. The molecule has 0 aromatic rings. The highest BCUT2D eigenvalue weighted by Gasteiger charge is 2.18. The third-order valence-corrected chi connectivity index (χ3v) is 6.66. The first-order chi connectivity index (χ1) is 20.6. The van der Waals surface area contributed by atoms with Gasteiger partial charge in [-0.05, 0) is 70.6 Å². The van der Waals surface area contributed by atoms with Crippen molar-refractivity contribution in [2.24, 2.45) is 0 Å². The number of hydrogen-bond donors (Lipinski definition) is 0. The fourth-order valence-electron chi connectivity index (χ4n) is 4.23. The minimum atomic E-state index is -0.666. The predicted molar refractivity (Wildman–Crippen MR) is 176 cm³/mol. The van der Waals surface area contributed by atoms with Crippen molar-refractivity contribution in [2.75, 3.05) is 13.2 Å². The van der Waals surface area contributed by atoms with E-state index in [2.05, 4.69) is 30.9 Å². The first-order valence-electron chi connectivity index (χ1n) is 16.3. The topological polar surface area (TPSA) is 78.9 Å². The Bertz CT molecular complexity index is 969. The van der Waals surface area contributed by atoms with E-state index in [4.69, 9.17) is 14.2 Å². The zero-order chi connectivity index (χ0) is 32.1. The average Bonchev–Trinajstić information content (AvgIpc) is 2.94. The summed E-state index contributed by atoms with van der Waals surface area (Å²) in [5.41, 5.74) is 2.49. The van der Waals surface area contributed by atoms with Crippen LogP contribution in [0, 0.1) is 11.8 Å². The van der Waals surface area contributed by atoms with E-state index >= 15 is 0 Å². The third-order valence-electron chi connectivity index (χ3n) is 6.66. The van der Waals surface area contributed by atoms with E-state index in [-0.39, 0.29) is 19.2 Å². The normalized spacial score (nSPS) is 12.3. The Balaban J connectivity index is 4.55. The van der Waals surface area contributed by atoms with Gasteiger partial charge in [-0.25, -0.2) is 0 Å². The van der Waals surface area contributed by atoms with Crippen LogP contribution in [0.3, 0.4) is 0 Å². The number of carbonyl (C=O) groups excluding carboxylic acids is 3. The van der Waals surface area contributed by atoms with Crippen LogP contribution in [0.25, 0.3) is 0 Å². The summed E-state index contributed by atoms with van der Waals surface area (Å²) in [5, 5.41) is 0. The van der Waals surface area contributed by atoms with E-state index in [1.54, 1.807) is 6.08 Å². The molecule has 0 radical (unpaired) electrons. The van der Waals surface area contributed by atoms with Gasteiger partial charge in [0.1, 0.15) is 19.3 Å². The van der Waals surface area contributed by atoms with E-state index in [0.29, 0.717) is 18.4 Å². The fraction of sp³-hybridized carbons (Fsp3) is 0.649. The van der Waals surface area contributed by atoms with Gasteiger partial charge in [0, 0.05) is 32.3 Å². The van der Waals surface area contributed by atoms with Crippen LogP contribution < -0.4 is 0 Å². The number of esters is 3. The third kappa shape index (κ3) is 27.5. The molecule has 0 bridgehead atoms. The quantitative estimate of drug-likeness (QED) is 0.0383. The summed E-state index contributed by atoms with van der Waals surface area (Å²) in [6, 6.07) is 0. The molecule has 0 fully saturated rings. The molecule has 43 heavy (non-hydrogen) atoms. The van der Waals surface area contributed by atoms with E-state index < -0.39 is 18.0 Å². The molecular weight excluding hydrogens is 540 g/mol. The Hall–Kier alpha value is -3.07. The maximum absolute atomic E-state index is 12.3. The van der Waals surface area contributed by atoms with Crippen molar-refractivity contribution in [3.63, 3.8) is 0 Å². The van der Waals surface area contributed by atoms with Gasteiger partial charge in [-0.15, -0.1) is 0 Å². The highest BCUT2D eigenvalue weighted by atomic mass is 16.6. The van der Waals surface area contributed by atoms with Crippen molar-refractivity contribution in [1.29, 1.82) is 0 Å². The van der Waals surface area contributed by atoms with Crippen LogP contribution in [0.4, 0.5) is 0 Å². The number of ether oxygens (including phenoxy) is 3. The molecule has 0 rings (SSSR count). The molecule has 242 valence electrons. The Labute approximate surface area is 262 Å². The van der Waals surface area contributed by atoms with Gasteiger partial charge in [0.15, 0.2) is 0 Å². The van der Waals surface area contributed by atoms with Crippen molar-refractivity contribution >= 4 is 17.9 Å². The van der Waals surface area contributed by atoms with Crippen LogP contribution >= 0.6 is 0 Å². The van der Waals surface area contributed by atoms with Gasteiger partial charge < -0.3 is 14.2 Å². The fourth-order valence-corrected chi connectivity index (χ4v) is 4.23. The first-order valence-corrected chi connectivity index (χ1v) is 16.3. The predicted octanol–water partition coefficient (Wildman–Crippen LogP) is 9.29. The molecule has 0 saturated heterocycles. The van der Waals surface area contributed by atoms with Gasteiger partial charge in [0.2, 0.25) is 0 Å². The first kappa shape index (κ1) is 39.9. The lowest BCUT2D eigenvalue weighted by Crippen LogP contribution is -2.23. The molecule has 0 unspecified atom stereocenters. The zero-order valence-electron chi connectivity index (χ0n) is 27.9. The van der Waals surface area contributed by atoms with Crippen LogP contribution in [-0.4, -0.2) is 37.2 Å². The van der Waals surface area contributed by atoms with Crippen molar-refractivity contribution < 1.29 is 28.6 Å². The van der Waals surface area contributed by atoms with Crippen LogP contribution in [0.1, 0.15) is 138 Å². The number of carbonyl (C=O) groups is 3. The van der Waals surface area contributed by atoms with Gasteiger partial charge in [0.05, 0.1) is 0 Å². The molecular formula is C37H58O6. The molecule has 1 atom stereocenters. The Morgan fingerprint density at radius 1 is 0.721 bits per heavy atom. The number of allylic oxidation sites excluding steroid dienone is 5. The van der Waals surface area contributed by atoms with E-state index in [9.17, 15) is 14.4 Å². The highest BCUT2D eigenvalue weighted by Crippen LogP contribution is 2.16. The second-order valence-corrected chi connectivity index (χ2v) is 11.3. The number of unbranched alkanes of at least 4 members (excludes halogenated alkanes) is 11. The highest BCUT2D eigenvalue weighted by molar-refractivity contribution is 5.69. The molecule has 6 nitrogen and oxygen atoms in total. The molecule has 0 aromatic heterocycles. The lowest BCUT2D eigenvalue weighted by Gasteiger charge is -2.19. The van der Waals surface area contributed by atoms with Crippen molar-refractivity contribution in [3.05, 3.63) is 47.1 Å². The summed E-state index contributed by atoms with van der Waals surface area (Å²) < 4.78 is 16.1. The van der Waals surface area contributed by atoms with Gasteiger partial charge in [-0.2, -0.15) is 0 Å². The molecule has 6 heteroatoms. The Morgan fingerprint density at radius 2 is 1.33 bits per heavy atom. The zero-order valence-corrected chi connectivity index (χ0v) is 27.9. The molecule has 0 heterocycles. The lowest BCUT2D eigenvalue weighted by molar-refractivity contribution is -0.146. The van der Waals surface area contributed by atoms with E-state index in [0.717, 1.165) is 36.8 Å². The van der Waals surface area contributed by atoms with Gasteiger partial charge in [-0.1, -0.05) is 93.9 Å². The van der Waals surface area contributed by atoms with E-state index in [1.165, 1.54) is 71.6 Å². The molecule has 0 amide bonds. The largest absolute Gasteiger partial charge is 0.461 e. The molecule has 0 spiro atoms. The summed E-state index contributed by atoms with van der Waals surface area (Å²) in [5.74, 6) is 4.85. The summed E-state index contributed by atoms with van der Waals surface area (Å²) in [7, 11) is 0. The maximum Gasteiger partial charge on any atom is 0.306 e. The van der Waals surface area contributed by atoms with Crippen molar-refractivity contribution in [3.8, 4) is 11.8 Å². The van der Waals surface area contributed by atoms with Crippen molar-refractivity contribution in [1.82, 2.24) is 0 Å².